The van der Waals surface area contributed by atoms with Gasteiger partial charge in [-0.1, -0.05) is 56.5 Å². The Hall–Kier alpha value is -2.18. The van der Waals surface area contributed by atoms with Gasteiger partial charge in [0.15, 0.2) is 0 Å². The van der Waals surface area contributed by atoms with Crippen LogP contribution in [-0.4, -0.2) is 95.9 Å². The number of rotatable bonds is 6. The largest absolute Gasteiger partial charge is 0.383 e. The maximum absolute atomic E-state index is 13.7. The van der Waals surface area contributed by atoms with Crippen LogP contribution in [0.3, 0.4) is 0 Å². The highest BCUT2D eigenvalue weighted by molar-refractivity contribution is 7.94. The number of carbonyl (C=O) groups is 2. The smallest absolute Gasteiger partial charge is 0.263 e. The molecule has 10 nitrogen and oxygen atoms in total. The van der Waals surface area contributed by atoms with Crippen LogP contribution in [-0.2, 0) is 33.8 Å². The summed E-state index contributed by atoms with van der Waals surface area (Å²) in [6.45, 7) is 6.70. The molecule has 8 atom stereocenters. The molecule has 2 fully saturated rings. The molecular formula is C38H58ClN3O7S. The van der Waals surface area contributed by atoms with E-state index < -0.39 is 27.4 Å². The molecule has 50 heavy (non-hydrogen) atoms. The summed E-state index contributed by atoms with van der Waals surface area (Å²) in [5, 5.41) is 0.759. The van der Waals surface area contributed by atoms with Crippen molar-refractivity contribution in [1.82, 2.24) is 14.5 Å². The number of nitrogens with zero attached hydrogens (tertiary/aromatic N) is 2. The lowest BCUT2D eigenvalue weighted by Gasteiger charge is -2.52. The lowest BCUT2D eigenvalue weighted by molar-refractivity contribution is -0.154. The zero-order chi connectivity index (χ0) is 36.1. The average molecular weight is 736 g/mol. The molecule has 0 aromatic carbocycles. The molecule has 1 saturated carbocycles. The molecule has 280 valence electrons. The Morgan fingerprint density at radius 2 is 1.94 bits per heavy atom. The first-order valence-electron chi connectivity index (χ1n) is 18.6. The first-order chi connectivity index (χ1) is 23.9. The molecule has 0 aromatic heterocycles. The maximum atomic E-state index is 13.7. The predicted octanol–water partition coefficient (Wildman–Crippen LogP) is 5.76. The number of carbonyl (C=O) groups excluding carboxylic acids is 2. The van der Waals surface area contributed by atoms with E-state index in [0.29, 0.717) is 45.6 Å². The number of sulfonamides is 1. The number of methoxy groups -OCH3 is 2. The van der Waals surface area contributed by atoms with Crippen LogP contribution in [0.4, 0.5) is 0 Å². The molecular weight excluding hydrogens is 678 g/mol. The van der Waals surface area contributed by atoms with E-state index in [4.69, 9.17) is 25.8 Å². The molecule has 1 N–H and O–H groups in total. The quantitative estimate of drug-likeness (QED) is 0.367. The number of likely N-dealkylation sites (N-methyl/N-ethyl adjacent to an activating group) is 1. The van der Waals surface area contributed by atoms with Gasteiger partial charge < -0.3 is 24.0 Å². The first-order valence-corrected chi connectivity index (χ1v) is 20.4. The summed E-state index contributed by atoms with van der Waals surface area (Å²) in [5.41, 5.74) is 0.182. The third kappa shape index (κ3) is 9.06. The van der Waals surface area contributed by atoms with Gasteiger partial charge >= 0.3 is 0 Å². The van der Waals surface area contributed by atoms with Gasteiger partial charge in [0.1, 0.15) is 6.10 Å². The second-order valence-electron chi connectivity index (χ2n) is 15.2. The summed E-state index contributed by atoms with van der Waals surface area (Å²) in [4.78, 5) is 31.3. The molecule has 1 saturated heterocycles. The molecule has 5 aliphatic rings. The van der Waals surface area contributed by atoms with E-state index in [0.717, 1.165) is 55.8 Å². The van der Waals surface area contributed by atoms with Crippen molar-refractivity contribution in [3.8, 4) is 0 Å². The van der Waals surface area contributed by atoms with E-state index in [9.17, 15) is 18.0 Å². The van der Waals surface area contributed by atoms with Gasteiger partial charge in [0.05, 0.1) is 30.1 Å². The lowest BCUT2D eigenvalue weighted by atomic mass is 9.61. The van der Waals surface area contributed by atoms with E-state index in [1.54, 1.807) is 38.2 Å². The fourth-order valence-electron chi connectivity index (χ4n) is 8.48. The molecule has 0 spiro atoms. The van der Waals surface area contributed by atoms with Crippen molar-refractivity contribution in [1.29, 1.82) is 0 Å². The zero-order valence-electron chi connectivity index (χ0n) is 30.6. The Morgan fingerprint density at radius 3 is 2.66 bits per heavy atom. The van der Waals surface area contributed by atoms with Gasteiger partial charge in [-0.2, -0.15) is 0 Å². The summed E-state index contributed by atoms with van der Waals surface area (Å²) in [6, 6.07) is 0. The number of ether oxygens (including phenoxy) is 3. The van der Waals surface area contributed by atoms with Gasteiger partial charge in [-0.15, -0.1) is 0 Å². The number of nitrogens with one attached hydrogen (secondary N) is 1. The Bertz CT molecular complexity index is 1460. The van der Waals surface area contributed by atoms with Crippen LogP contribution in [0, 0.1) is 35.5 Å². The zero-order valence-corrected chi connectivity index (χ0v) is 32.1. The highest BCUT2D eigenvalue weighted by atomic mass is 35.5. The predicted molar refractivity (Wildman–Crippen MR) is 195 cm³/mol. The van der Waals surface area contributed by atoms with E-state index in [1.807, 2.05) is 20.0 Å². The molecule has 5 unspecified atom stereocenters. The molecule has 0 aromatic rings. The Morgan fingerprint density at radius 1 is 1.14 bits per heavy atom. The van der Waals surface area contributed by atoms with Gasteiger partial charge in [-0.05, 0) is 80.8 Å². The van der Waals surface area contributed by atoms with E-state index >= 15 is 0 Å². The molecule has 2 aliphatic heterocycles. The van der Waals surface area contributed by atoms with Crippen LogP contribution < -0.4 is 4.72 Å². The molecule has 2 heterocycles. The Balaban J connectivity index is 1.51. The fraction of sp³-hybridized carbons (Fsp3) is 0.737. The van der Waals surface area contributed by atoms with Crippen molar-refractivity contribution in [2.45, 2.75) is 89.8 Å². The number of allylic oxidation sites excluding steroid dienone is 4. The maximum Gasteiger partial charge on any atom is 0.263 e. The summed E-state index contributed by atoms with van der Waals surface area (Å²) in [7, 11) is 1.11. The average Bonchev–Trinajstić information content (AvgIpc) is 3.10. The molecule has 5 rings (SSSR count). The second kappa shape index (κ2) is 17.1. The van der Waals surface area contributed by atoms with Crippen LogP contribution >= 0.6 is 11.6 Å². The standard InChI is InChI=1S/C38H58ClN3O7S/c1-26-9-8-17-38(48-5,23-36(43)41(3)19-20-47-4)33-15-12-29(33)24-42-18-7-6-10-28-21-31(39)13-11-30(28)25-49-35-16-14-32(22-34(35)42)50(45,46)40-37(44)27(26)2/h11,13-14,21-22,26-30,33,35H,6-10,12,15-20,23-25H2,1-5H3,(H,40,44)/t26?,27?,28?,29-,30?,33+,35?,38+/m0/s1. The van der Waals surface area contributed by atoms with E-state index in [1.165, 1.54) is 0 Å². The van der Waals surface area contributed by atoms with Gasteiger partial charge in [0.25, 0.3) is 10.0 Å². The van der Waals surface area contributed by atoms with Gasteiger partial charge in [-0.3, -0.25) is 9.59 Å². The van der Waals surface area contributed by atoms with Crippen LogP contribution in [0.5, 0.6) is 0 Å². The third-order valence-corrected chi connectivity index (χ3v) is 13.8. The van der Waals surface area contributed by atoms with Crippen LogP contribution in [0.2, 0.25) is 0 Å². The topological polar surface area (TPSA) is 114 Å². The van der Waals surface area contributed by atoms with E-state index in [-0.39, 0.29) is 52.9 Å². The number of fused-ring (bicyclic) bond motifs is 3. The summed E-state index contributed by atoms with van der Waals surface area (Å²) in [6.07, 6.45) is 17.0. The monoisotopic (exact) mass is 735 g/mol. The van der Waals surface area contributed by atoms with Crippen molar-refractivity contribution in [3.05, 3.63) is 46.0 Å². The molecule has 2 amide bonds. The van der Waals surface area contributed by atoms with Crippen molar-refractivity contribution < 1.29 is 32.2 Å². The van der Waals surface area contributed by atoms with E-state index in [2.05, 4.69) is 21.8 Å². The number of hydrogen-bond donors (Lipinski definition) is 1. The summed E-state index contributed by atoms with van der Waals surface area (Å²) in [5.74, 6) is -0.184. The van der Waals surface area contributed by atoms with Gasteiger partial charge in [0, 0.05) is 63.5 Å². The van der Waals surface area contributed by atoms with Crippen molar-refractivity contribution in [2.75, 3.05) is 54.1 Å². The van der Waals surface area contributed by atoms with Gasteiger partial charge in [0.2, 0.25) is 11.8 Å². The van der Waals surface area contributed by atoms with Gasteiger partial charge in [-0.25, -0.2) is 13.1 Å². The molecule has 0 radical (unpaired) electrons. The third-order valence-electron chi connectivity index (χ3n) is 12.2. The van der Waals surface area contributed by atoms with Crippen molar-refractivity contribution in [3.63, 3.8) is 0 Å². The molecule has 12 heteroatoms. The highest BCUT2D eigenvalue weighted by Gasteiger charge is 2.50. The SMILES string of the molecule is COCCN(C)C(=O)C[C@]1(OC)CCCC(C)C(C)C(=O)NS(=O)(=O)C2=CCC3OCC4C=CC(Cl)=CC4CCCCN(C[C@@H]4CC[C@H]41)C3=C2. The fourth-order valence-corrected chi connectivity index (χ4v) is 9.88. The second-order valence-corrected chi connectivity index (χ2v) is 17.4. The summed E-state index contributed by atoms with van der Waals surface area (Å²) < 4.78 is 48.2. The number of amides is 2. The first kappa shape index (κ1) is 39.0. The minimum Gasteiger partial charge on any atom is -0.383 e. The van der Waals surface area contributed by atoms with Crippen LogP contribution in [0.25, 0.3) is 0 Å². The van der Waals surface area contributed by atoms with Crippen molar-refractivity contribution in [2.24, 2.45) is 35.5 Å². The lowest BCUT2D eigenvalue weighted by Crippen LogP contribution is -2.54. The minimum absolute atomic E-state index is 0.0353. The number of hydrogen-bond acceptors (Lipinski definition) is 8. The Kier molecular flexibility index (Phi) is 13.4. The molecule has 2 bridgehead atoms. The van der Waals surface area contributed by atoms with Crippen molar-refractivity contribution >= 4 is 33.4 Å². The summed E-state index contributed by atoms with van der Waals surface area (Å²) >= 11 is 6.41. The van der Waals surface area contributed by atoms with Crippen LogP contribution in [0.1, 0.15) is 78.1 Å². The minimum atomic E-state index is -4.09. The number of halogens is 1. The normalized spacial score (nSPS) is 35.1. The highest BCUT2D eigenvalue weighted by Crippen LogP contribution is 2.49. The Labute approximate surface area is 304 Å². The van der Waals surface area contributed by atoms with Crippen LogP contribution in [0.15, 0.2) is 46.0 Å². The molecule has 3 aliphatic carbocycles.